The Hall–Kier alpha value is -1.64. The SMILES string of the molecule is Cc1cccc(C2C(=O)NC(=O)CC2(C)CCC(C)C)c1. The van der Waals surface area contributed by atoms with E-state index in [1.807, 2.05) is 25.1 Å². The van der Waals surface area contributed by atoms with Crippen molar-refractivity contribution in [2.24, 2.45) is 11.3 Å². The maximum absolute atomic E-state index is 12.4. The highest BCUT2D eigenvalue weighted by atomic mass is 16.2. The van der Waals surface area contributed by atoms with Gasteiger partial charge in [0.05, 0.1) is 5.92 Å². The molecule has 1 aromatic carbocycles. The van der Waals surface area contributed by atoms with Crippen molar-refractivity contribution in [2.45, 2.75) is 52.9 Å². The second-order valence-electron chi connectivity index (χ2n) is 7.02. The lowest BCUT2D eigenvalue weighted by atomic mass is 9.65. The van der Waals surface area contributed by atoms with Crippen LogP contribution in [0.1, 0.15) is 57.1 Å². The van der Waals surface area contributed by atoms with E-state index in [-0.39, 0.29) is 23.1 Å². The number of rotatable bonds is 4. The van der Waals surface area contributed by atoms with Crippen molar-refractivity contribution < 1.29 is 9.59 Å². The third-order valence-corrected chi connectivity index (χ3v) is 4.45. The lowest BCUT2D eigenvalue weighted by molar-refractivity contribution is -0.139. The molecule has 3 heteroatoms. The Labute approximate surface area is 127 Å². The van der Waals surface area contributed by atoms with Crippen molar-refractivity contribution >= 4 is 11.8 Å². The first-order valence-corrected chi connectivity index (χ1v) is 7.72. The fourth-order valence-electron chi connectivity index (χ4n) is 3.29. The van der Waals surface area contributed by atoms with E-state index >= 15 is 0 Å². The normalized spacial score (nSPS) is 26.0. The number of hydrogen-bond donors (Lipinski definition) is 1. The second-order valence-corrected chi connectivity index (χ2v) is 7.02. The fraction of sp³-hybridized carbons (Fsp3) is 0.556. The first-order valence-electron chi connectivity index (χ1n) is 7.72. The van der Waals surface area contributed by atoms with Crippen molar-refractivity contribution in [3.63, 3.8) is 0 Å². The Morgan fingerprint density at radius 2 is 2.05 bits per heavy atom. The predicted octanol–water partition coefficient (Wildman–Crippen LogP) is 3.57. The van der Waals surface area contributed by atoms with Gasteiger partial charge in [-0.1, -0.05) is 57.0 Å². The van der Waals surface area contributed by atoms with E-state index in [0.29, 0.717) is 12.3 Å². The number of amides is 2. The van der Waals surface area contributed by atoms with Gasteiger partial charge in [0.15, 0.2) is 0 Å². The van der Waals surface area contributed by atoms with Crippen molar-refractivity contribution in [1.82, 2.24) is 5.32 Å². The Morgan fingerprint density at radius 3 is 2.67 bits per heavy atom. The van der Waals surface area contributed by atoms with Crippen LogP contribution in [0.15, 0.2) is 24.3 Å². The second kappa shape index (κ2) is 6.00. The van der Waals surface area contributed by atoms with Gasteiger partial charge >= 0.3 is 0 Å². The molecule has 1 aromatic rings. The zero-order valence-electron chi connectivity index (χ0n) is 13.4. The zero-order valence-corrected chi connectivity index (χ0v) is 13.4. The highest BCUT2D eigenvalue weighted by Crippen LogP contribution is 2.45. The third-order valence-electron chi connectivity index (χ3n) is 4.45. The molecule has 2 rings (SSSR count). The molecule has 1 N–H and O–H groups in total. The molecule has 0 radical (unpaired) electrons. The molecule has 0 bridgehead atoms. The summed E-state index contributed by atoms with van der Waals surface area (Å²) in [4.78, 5) is 24.3. The largest absolute Gasteiger partial charge is 0.296 e. The lowest BCUT2D eigenvalue weighted by Crippen LogP contribution is -2.49. The van der Waals surface area contributed by atoms with E-state index in [1.54, 1.807) is 0 Å². The zero-order chi connectivity index (χ0) is 15.6. The monoisotopic (exact) mass is 287 g/mol. The number of hydrogen-bond acceptors (Lipinski definition) is 2. The number of imide groups is 1. The minimum atomic E-state index is -0.294. The minimum absolute atomic E-state index is 0.143. The van der Waals surface area contributed by atoms with Gasteiger partial charge in [0.2, 0.25) is 11.8 Å². The van der Waals surface area contributed by atoms with Crippen molar-refractivity contribution in [1.29, 1.82) is 0 Å². The fourth-order valence-corrected chi connectivity index (χ4v) is 3.29. The smallest absolute Gasteiger partial charge is 0.234 e. The molecule has 1 aliphatic rings. The maximum Gasteiger partial charge on any atom is 0.234 e. The standard InChI is InChI=1S/C18H25NO2/c1-12(2)8-9-18(4)11-15(20)19-17(21)16(18)14-7-5-6-13(3)10-14/h5-7,10,12,16H,8-9,11H2,1-4H3,(H,19,20,21). The van der Waals surface area contributed by atoms with Crippen LogP contribution >= 0.6 is 0 Å². The molecule has 114 valence electrons. The van der Waals surface area contributed by atoms with Crippen LogP contribution in [-0.4, -0.2) is 11.8 Å². The van der Waals surface area contributed by atoms with Gasteiger partial charge in [-0.05, 0) is 30.2 Å². The number of benzene rings is 1. The molecule has 1 fully saturated rings. The van der Waals surface area contributed by atoms with Crippen LogP contribution in [0.5, 0.6) is 0 Å². The van der Waals surface area contributed by atoms with Crippen LogP contribution in [-0.2, 0) is 9.59 Å². The van der Waals surface area contributed by atoms with E-state index in [2.05, 4.69) is 32.2 Å². The quantitative estimate of drug-likeness (QED) is 0.861. The average molecular weight is 287 g/mol. The average Bonchev–Trinajstić information content (AvgIpc) is 2.35. The molecule has 1 heterocycles. The van der Waals surface area contributed by atoms with Crippen LogP contribution in [0, 0.1) is 18.3 Å². The predicted molar refractivity (Wildman–Crippen MR) is 83.9 cm³/mol. The van der Waals surface area contributed by atoms with E-state index in [9.17, 15) is 9.59 Å². The Balaban J connectivity index is 2.37. The molecular weight excluding hydrogens is 262 g/mol. The van der Waals surface area contributed by atoms with E-state index in [4.69, 9.17) is 0 Å². The van der Waals surface area contributed by atoms with E-state index in [1.165, 1.54) is 0 Å². The topological polar surface area (TPSA) is 46.2 Å². The molecular formula is C18H25NO2. The van der Waals surface area contributed by atoms with Crippen LogP contribution in [0.3, 0.4) is 0 Å². The number of carbonyl (C=O) groups excluding carboxylic acids is 2. The van der Waals surface area contributed by atoms with E-state index in [0.717, 1.165) is 24.0 Å². The first kappa shape index (κ1) is 15.7. The molecule has 1 aliphatic heterocycles. The van der Waals surface area contributed by atoms with Gasteiger partial charge in [-0.25, -0.2) is 0 Å². The summed E-state index contributed by atoms with van der Waals surface area (Å²) in [5, 5.41) is 2.51. The number of nitrogens with one attached hydrogen (secondary N) is 1. The van der Waals surface area contributed by atoms with Crippen molar-refractivity contribution in [2.75, 3.05) is 0 Å². The first-order chi connectivity index (χ1) is 9.82. The van der Waals surface area contributed by atoms with Crippen LogP contribution in [0.25, 0.3) is 0 Å². The van der Waals surface area contributed by atoms with Crippen LogP contribution < -0.4 is 5.32 Å². The Morgan fingerprint density at radius 1 is 1.33 bits per heavy atom. The van der Waals surface area contributed by atoms with Gasteiger partial charge in [0.25, 0.3) is 0 Å². The molecule has 3 nitrogen and oxygen atoms in total. The molecule has 2 atom stereocenters. The summed E-state index contributed by atoms with van der Waals surface area (Å²) in [5.41, 5.74) is 1.87. The molecule has 2 amide bonds. The van der Waals surface area contributed by atoms with Gasteiger partial charge in [-0.2, -0.15) is 0 Å². The van der Waals surface area contributed by atoms with Crippen LogP contribution in [0.4, 0.5) is 0 Å². The Bertz CT molecular complexity index is 550. The molecule has 1 saturated heterocycles. The molecule has 0 aliphatic carbocycles. The summed E-state index contributed by atoms with van der Waals surface area (Å²) in [6.45, 7) is 8.46. The summed E-state index contributed by atoms with van der Waals surface area (Å²) in [6.07, 6.45) is 2.34. The summed E-state index contributed by atoms with van der Waals surface area (Å²) >= 11 is 0. The van der Waals surface area contributed by atoms with Gasteiger partial charge < -0.3 is 0 Å². The van der Waals surface area contributed by atoms with Gasteiger partial charge in [-0.3, -0.25) is 14.9 Å². The molecule has 21 heavy (non-hydrogen) atoms. The highest BCUT2D eigenvalue weighted by Gasteiger charge is 2.45. The summed E-state index contributed by atoms with van der Waals surface area (Å²) in [5.74, 6) is 0.0344. The number of aryl methyl sites for hydroxylation is 1. The highest BCUT2D eigenvalue weighted by molar-refractivity contribution is 6.02. The minimum Gasteiger partial charge on any atom is -0.296 e. The van der Waals surface area contributed by atoms with Crippen LogP contribution in [0.2, 0.25) is 0 Å². The molecule has 0 spiro atoms. The molecule has 0 aromatic heterocycles. The maximum atomic E-state index is 12.4. The van der Waals surface area contributed by atoms with E-state index < -0.39 is 0 Å². The van der Waals surface area contributed by atoms with Gasteiger partial charge in [0, 0.05) is 6.42 Å². The van der Waals surface area contributed by atoms with Crippen molar-refractivity contribution in [3.8, 4) is 0 Å². The third kappa shape index (κ3) is 3.52. The summed E-state index contributed by atoms with van der Waals surface area (Å²) in [6, 6.07) is 8.08. The summed E-state index contributed by atoms with van der Waals surface area (Å²) < 4.78 is 0. The number of piperidine rings is 1. The summed E-state index contributed by atoms with van der Waals surface area (Å²) in [7, 11) is 0. The van der Waals surface area contributed by atoms with Gasteiger partial charge in [0.1, 0.15) is 0 Å². The lowest BCUT2D eigenvalue weighted by Gasteiger charge is -2.40. The number of carbonyl (C=O) groups is 2. The molecule has 0 saturated carbocycles. The Kier molecular flexibility index (Phi) is 4.50. The van der Waals surface area contributed by atoms with Crippen molar-refractivity contribution in [3.05, 3.63) is 35.4 Å². The van der Waals surface area contributed by atoms with Gasteiger partial charge in [-0.15, -0.1) is 0 Å². The molecule has 2 unspecified atom stereocenters.